The quantitative estimate of drug-likeness (QED) is 0.100. The predicted molar refractivity (Wildman–Crippen MR) is 148 cm³/mol. The summed E-state index contributed by atoms with van der Waals surface area (Å²) in [6.45, 7) is 1.56. The first-order valence-electron chi connectivity index (χ1n) is 10.6. The number of nitrogens with one attached hydrogen (secondary N) is 4. The van der Waals surface area contributed by atoms with Crippen molar-refractivity contribution in [1.82, 2.24) is 19.5 Å². The fourth-order valence-corrected chi connectivity index (χ4v) is 4.30. The van der Waals surface area contributed by atoms with Crippen molar-refractivity contribution < 1.29 is 13.2 Å². The van der Waals surface area contributed by atoms with Crippen LogP contribution in [0.2, 0.25) is 0 Å². The summed E-state index contributed by atoms with van der Waals surface area (Å²) in [4.78, 5) is 2.93. The van der Waals surface area contributed by atoms with Gasteiger partial charge in [0.25, 0.3) is 0 Å². The molecule has 13 heteroatoms. The first-order valence-corrected chi connectivity index (χ1v) is 13.8. The molecule has 9 nitrogen and oxygen atoms in total. The van der Waals surface area contributed by atoms with E-state index in [2.05, 4.69) is 37.8 Å². The van der Waals surface area contributed by atoms with Gasteiger partial charge in [-0.3, -0.25) is 19.5 Å². The van der Waals surface area contributed by atoms with Crippen molar-refractivity contribution in [1.29, 1.82) is 0 Å². The monoisotopic (exact) mass is 552 g/mol. The van der Waals surface area contributed by atoms with E-state index in [-0.39, 0.29) is 0 Å². The van der Waals surface area contributed by atoms with Gasteiger partial charge >= 0.3 is 0 Å². The first kappa shape index (κ1) is 27.0. The lowest BCUT2D eigenvalue weighted by atomic mass is 10.1. The van der Waals surface area contributed by atoms with Crippen molar-refractivity contribution in [3.63, 3.8) is 0 Å². The Hall–Kier alpha value is -2.58. The molecule has 4 N–H and O–H groups in total. The number of anilines is 2. The molecule has 35 heavy (non-hydrogen) atoms. The van der Waals surface area contributed by atoms with Gasteiger partial charge in [0.15, 0.2) is 9.54 Å². The molecule has 3 rings (SSSR count). The van der Waals surface area contributed by atoms with Gasteiger partial charge in [0.2, 0.25) is 10.0 Å². The molecule has 188 valence electrons. The third-order valence-electron chi connectivity index (χ3n) is 4.98. The second kappa shape index (κ2) is 12.4. The van der Waals surface area contributed by atoms with Crippen LogP contribution < -0.4 is 14.9 Å². The van der Waals surface area contributed by atoms with Gasteiger partial charge in [0, 0.05) is 36.1 Å². The Kier molecular flexibility index (Phi) is 9.57. The maximum atomic E-state index is 11.2. The highest BCUT2D eigenvalue weighted by Crippen LogP contribution is 2.22. The van der Waals surface area contributed by atoms with Crippen molar-refractivity contribution in [2.75, 3.05) is 43.4 Å². The fraction of sp³-hybridized carbons (Fsp3) is 0.273. The highest BCUT2D eigenvalue weighted by atomic mass is 32.2. The van der Waals surface area contributed by atoms with Crippen LogP contribution in [0, 0.1) is 9.54 Å². The highest BCUT2D eigenvalue weighted by Gasteiger charge is 2.06. The number of aromatic nitrogens is 3. The lowest BCUT2D eigenvalue weighted by molar-refractivity contribution is 0.159. The number of H-pyrrole nitrogens is 2. The molecule has 1 heterocycles. The van der Waals surface area contributed by atoms with E-state index in [9.17, 15) is 8.42 Å². The van der Waals surface area contributed by atoms with Crippen molar-refractivity contribution >= 4 is 58.5 Å². The predicted octanol–water partition coefficient (Wildman–Crippen LogP) is 4.01. The first-order chi connectivity index (χ1) is 16.6. The molecule has 3 aromatic rings. The zero-order chi connectivity index (χ0) is 25.4. The second-order valence-corrected chi connectivity index (χ2v) is 10.7. The zero-order valence-electron chi connectivity index (χ0n) is 19.3. The van der Waals surface area contributed by atoms with E-state index in [1.165, 1.54) is 6.20 Å². The molecule has 0 saturated carbocycles. The molecular weight excluding hydrogens is 525 g/mol. The molecular formula is C22H28N6O3S4. The van der Waals surface area contributed by atoms with E-state index < -0.39 is 10.0 Å². The Balaban J connectivity index is 1.48. The topological polar surface area (TPSA) is 107 Å². The third-order valence-corrected chi connectivity index (χ3v) is 6.55. The average molecular weight is 553 g/mol. The molecule has 0 unspecified atom stereocenters. The minimum absolute atomic E-state index is 0.349. The van der Waals surface area contributed by atoms with E-state index in [1.807, 2.05) is 49.5 Å². The van der Waals surface area contributed by atoms with Crippen LogP contribution in [0.4, 0.5) is 11.4 Å². The van der Waals surface area contributed by atoms with E-state index in [4.69, 9.17) is 29.2 Å². The number of rotatable bonds is 12. The van der Waals surface area contributed by atoms with Crippen molar-refractivity contribution in [3.05, 3.63) is 69.8 Å². The SMILES string of the molecule is CN(CCOCNc1cccc(-n2c(=S)[nH][nH]c2=S)c1)c1ccc(S)c(C/C=C\NS(C)(=O)=O)c1. The highest BCUT2D eigenvalue weighted by molar-refractivity contribution is 7.88. The number of hydrogen-bond donors (Lipinski definition) is 5. The summed E-state index contributed by atoms with van der Waals surface area (Å²) >= 11 is 15.0. The molecule has 0 saturated heterocycles. The largest absolute Gasteiger partial charge is 0.372 e. The Morgan fingerprint density at radius 1 is 1.17 bits per heavy atom. The number of likely N-dealkylation sites (N-methyl/N-ethyl adjacent to an activating group) is 1. The summed E-state index contributed by atoms with van der Waals surface area (Å²) in [5.41, 5.74) is 3.76. The summed E-state index contributed by atoms with van der Waals surface area (Å²) < 4.78 is 33.2. The summed E-state index contributed by atoms with van der Waals surface area (Å²) in [6.07, 6.45) is 4.85. The standard InChI is InChI=1S/C22H28N6O3S4/c1-27(18-8-9-20(32)16(13-18)5-4-10-24-35(2,29)30)11-12-31-15-23-17-6-3-7-19(14-17)28-21(33)25-26-22(28)34/h3-4,6-10,13-14,23-24,32H,5,11-12,15H2,1-2H3,(H,25,33)(H,26,34)/b10-4-. The molecule has 0 amide bonds. The maximum Gasteiger partial charge on any atom is 0.229 e. The van der Waals surface area contributed by atoms with Gasteiger partial charge in [-0.2, -0.15) is 0 Å². The third kappa shape index (κ3) is 8.25. The van der Waals surface area contributed by atoms with Gasteiger partial charge in [0.1, 0.15) is 6.73 Å². The van der Waals surface area contributed by atoms with E-state index in [0.717, 1.165) is 33.8 Å². The van der Waals surface area contributed by atoms with Gasteiger partial charge in [-0.15, -0.1) is 12.6 Å². The van der Waals surface area contributed by atoms with Gasteiger partial charge in [-0.25, -0.2) is 8.42 Å². The van der Waals surface area contributed by atoms with Gasteiger partial charge in [-0.05, 0) is 72.8 Å². The van der Waals surface area contributed by atoms with Crippen LogP contribution in [-0.2, 0) is 21.2 Å². The summed E-state index contributed by atoms with van der Waals surface area (Å²) in [5.74, 6) is 0. The number of benzene rings is 2. The van der Waals surface area contributed by atoms with Crippen LogP contribution in [-0.4, -0.2) is 56.4 Å². The van der Waals surface area contributed by atoms with E-state index in [0.29, 0.717) is 35.8 Å². The maximum absolute atomic E-state index is 11.2. The molecule has 1 aromatic heterocycles. The molecule has 0 spiro atoms. The van der Waals surface area contributed by atoms with Gasteiger partial charge in [0.05, 0.1) is 18.6 Å². The van der Waals surface area contributed by atoms with Crippen LogP contribution in [0.1, 0.15) is 5.56 Å². The van der Waals surface area contributed by atoms with Crippen LogP contribution >= 0.6 is 37.1 Å². The fourth-order valence-electron chi connectivity index (χ4n) is 3.17. The van der Waals surface area contributed by atoms with E-state index >= 15 is 0 Å². The van der Waals surface area contributed by atoms with Crippen LogP contribution in [0.3, 0.4) is 0 Å². The number of nitrogens with zero attached hydrogens (tertiary/aromatic N) is 2. The lowest BCUT2D eigenvalue weighted by Crippen LogP contribution is -2.23. The summed E-state index contributed by atoms with van der Waals surface area (Å²) in [5, 5.41) is 8.91. The smallest absolute Gasteiger partial charge is 0.229 e. The molecule has 0 aliphatic carbocycles. The van der Waals surface area contributed by atoms with Crippen molar-refractivity contribution in [2.45, 2.75) is 11.3 Å². The molecule has 0 fully saturated rings. The van der Waals surface area contributed by atoms with E-state index in [1.54, 1.807) is 10.6 Å². The van der Waals surface area contributed by atoms with Gasteiger partial charge < -0.3 is 15.0 Å². The Bertz CT molecular complexity index is 1370. The average Bonchev–Trinajstić information content (AvgIpc) is 3.14. The molecule has 0 bridgehead atoms. The number of hydrogen-bond acceptors (Lipinski definition) is 8. The molecule has 2 aromatic carbocycles. The van der Waals surface area contributed by atoms with Gasteiger partial charge in [-0.1, -0.05) is 12.1 Å². The number of ether oxygens (including phenoxy) is 1. The Morgan fingerprint density at radius 2 is 1.91 bits per heavy atom. The number of aromatic amines is 2. The summed E-state index contributed by atoms with van der Waals surface area (Å²) in [7, 11) is -1.27. The van der Waals surface area contributed by atoms with Crippen LogP contribution in [0.5, 0.6) is 0 Å². The number of allylic oxidation sites excluding steroid dienone is 1. The minimum atomic E-state index is -3.25. The molecule has 0 aliphatic rings. The molecule has 0 atom stereocenters. The van der Waals surface area contributed by atoms with Crippen LogP contribution in [0.25, 0.3) is 5.69 Å². The summed E-state index contributed by atoms with van der Waals surface area (Å²) in [6, 6.07) is 13.7. The Morgan fingerprint density at radius 3 is 2.63 bits per heavy atom. The Labute approximate surface area is 220 Å². The van der Waals surface area contributed by atoms with Crippen molar-refractivity contribution in [3.8, 4) is 5.69 Å². The number of thiol groups is 1. The lowest BCUT2D eigenvalue weighted by Gasteiger charge is -2.20. The van der Waals surface area contributed by atoms with Crippen molar-refractivity contribution in [2.24, 2.45) is 0 Å². The second-order valence-electron chi connectivity index (χ2n) is 7.71. The number of sulfonamides is 1. The molecule has 0 aliphatic heterocycles. The zero-order valence-corrected chi connectivity index (χ0v) is 22.7. The minimum Gasteiger partial charge on any atom is -0.372 e. The normalized spacial score (nSPS) is 11.6. The van der Waals surface area contributed by atoms with Crippen LogP contribution in [0.15, 0.2) is 59.6 Å². The molecule has 0 radical (unpaired) electrons.